The van der Waals surface area contributed by atoms with Gasteiger partial charge in [-0.3, -0.25) is 4.68 Å². The van der Waals surface area contributed by atoms with Gasteiger partial charge in [-0.2, -0.15) is 5.10 Å². The lowest BCUT2D eigenvalue weighted by molar-refractivity contribution is 0.475. The fourth-order valence-corrected chi connectivity index (χ4v) is 2.07. The minimum atomic E-state index is 0.312. The van der Waals surface area contributed by atoms with Crippen LogP contribution in [0.3, 0.4) is 0 Å². The van der Waals surface area contributed by atoms with Crippen LogP contribution in [0.2, 0.25) is 0 Å². The smallest absolute Gasteiger partial charge is 0.115 e. The summed E-state index contributed by atoms with van der Waals surface area (Å²) in [7, 11) is 0. The van der Waals surface area contributed by atoms with E-state index in [2.05, 4.69) is 5.10 Å². The van der Waals surface area contributed by atoms with Crippen LogP contribution in [0.15, 0.2) is 47.6 Å². The maximum Gasteiger partial charge on any atom is 0.115 e. The second-order valence-electron chi connectivity index (χ2n) is 3.11. The Hall–Kier alpha value is -1.42. The average molecular weight is 220 g/mol. The summed E-state index contributed by atoms with van der Waals surface area (Å²) in [5.74, 6) is 1.29. The van der Waals surface area contributed by atoms with Crippen LogP contribution in [0.4, 0.5) is 0 Å². The fourth-order valence-electron chi connectivity index (χ4n) is 1.23. The maximum absolute atomic E-state index is 9.11. The highest BCUT2D eigenvalue weighted by molar-refractivity contribution is 7.99. The number of thioether (sulfide) groups is 1. The van der Waals surface area contributed by atoms with Gasteiger partial charge in [0.2, 0.25) is 0 Å². The van der Waals surface area contributed by atoms with Gasteiger partial charge in [-0.25, -0.2) is 0 Å². The molecule has 0 unspecified atom stereocenters. The molecule has 0 aliphatic rings. The van der Waals surface area contributed by atoms with E-state index >= 15 is 0 Å². The zero-order chi connectivity index (χ0) is 10.5. The molecule has 0 amide bonds. The van der Waals surface area contributed by atoms with Gasteiger partial charge in [0.25, 0.3) is 0 Å². The fraction of sp³-hybridized carbons (Fsp3) is 0.182. The van der Waals surface area contributed by atoms with Crippen molar-refractivity contribution in [2.24, 2.45) is 0 Å². The zero-order valence-electron chi connectivity index (χ0n) is 8.21. The molecule has 0 bridgehead atoms. The number of aryl methyl sites for hydroxylation is 1. The van der Waals surface area contributed by atoms with Crippen molar-refractivity contribution in [2.45, 2.75) is 11.4 Å². The molecule has 0 aliphatic carbocycles. The third-order valence-corrected chi connectivity index (χ3v) is 2.98. The predicted molar refractivity (Wildman–Crippen MR) is 61.1 cm³/mol. The molecule has 1 aromatic heterocycles. The van der Waals surface area contributed by atoms with Gasteiger partial charge in [-0.05, 0) is 30.3 Å². The summed E-state index contributed by atoms with van der Waals surface area (Å²) < 4.78 is 1.91. The molecule has 0 aliphatic heterocycles. The van der Waals surface area contributed by atoms with Gasteiger partial charge >= 0.3 is 0 Å². The molecule has 4 heteroatoms. The van der Waals surface area contributed by atoms with E-state index in [1.165, 1.54) is 4.90 Å². The third kappa shape index (κ3) is 3.02. The Balaban J connectivity index is 1.81. The largest absolute Gasteiger partial charge is 0.508 e. The molecule has 0 saturated heterocycles. The van der Waals surface area contributed by atoms with Crippen LogP contribution in [0.25, 0.3) is 0 Å². The minimum Gasteiger partial charge on any atom is -0.508 e. The van der Waals surface area contributed by atoms with Gasteiger partial charge in [0.1, 0.15) is 5.75 Å². The van der Waals surface area contributed by atoms with Gasteiger partial charge in [-0.1, -0.05) is 0 Å². The second-order valence-corrected chi connectivity index (χ2v) is 4.28. The number of hydrogen-bond donors (Lipinski definition) is 1. The summed E-state index contributed by atoms with van der Waals surface area (Å²) in [6, 6.07) is 9.17. The molecule has 1 heterocycles. The normalized spacial score (nSPS) is 10.4. The number of nitrogens with zero attached hydrogens (tertiary/aromatic N) is 2. The first-order chi connectivity index (χ1) is 7.34. The van der Waals surface area contributed by atoms with Crippen LogP contribution in [-0.4, -0.2) is 20.6 Å². The van der Waals surface area contributed by atoms with Crippen molar-refractivity contribution in [1.82, 2.24) is 9.78 Å². The maximum atomic E-state index is 9.11. The summed E-state index contributed by atoms with van der Waals surface area (Å²) >= 11 is 1.76. The standard InChI is InChI=1S/C11H12N2OS/c14-10-2-4-11(5-3-10)15-9-8-13-7-1-6-12-13/h1-7,14H,8-9H2. The Morgan fingerprint density at radius 2 is 2.07 bits per heavy atom. The van der Waals surface area contributed by atoms with Gasteiger partial charge < -0.3 is 5.11 Å². The first kappa shape index (κ1) is 10.1. The molecule has 15 heavy (non-hydrogen) atoms. The van der Waals surface area contributed by atoms with Crippen molar-refractivity contribution < 1.29 is 5.11 Å². The summed E-state index contributed by atoms with van der Waals surface area (Å²) in [6.45, 7) is 0.901. The Morgan fingerprint density at radius 3 is 2.73 bits per heavy atom. The zero-order valence-corrected chi connectivity index (χ0v) is 9.02. The van der Waals surface area contributed by atoms with Crippen LogP contribution >= 0.6 is 11.8 Å². The highest BCUT2D eigenvalue weighted by atomic mass is 32.2. The molecular formula is C11H12N2OS. The van der Waals surface area contributed by atoms with E-state index in [1.807, 2.05) is 29.1 Å². The summed E-state index contributed by atoms with van der Waals surface area (Å²) in [5, 5.41) is 13.2. The molecule has 2 aromatic rings. The average Bonchev–Trinajstić information content (AvgIpc) is 2.74. The Morgan fingerprint density at radius 1 is 1.27 bits per heavy atom. The number of benzene rings is 1. The number of phenols is 1. The number of aromatic hydroxyl groups is 1. The number of phenolic OH excluding ortho intramolecular Hbond substituents is 1. The molecule has 1 N–H and O–H groups in total. The van der Waals surface area contributed by atoms with E-state index in [9.17, 15) is 0 Å². The van der Waals surface area contributed by atoms with E-state index in [-0.39, 0.29) is 0 Å². The van der Waals surface area contributed by atoms with E-state index in [0.717, 1.165) is 12.3 Å². The molecule has 2 rings (SSSR count). The number of aromatic nitrogens is 2. The van der Waals surface area contributed by atoms with Gasteiger partial charge in [0, 0.05) is 23.0 Å². The molecular weight excluding hydrogens is 208 g/mol. The Kier molecular flexibility index (Phi) is 3.29. The van der Waals surface area contributed by atoms with Gasteiger partial charge in [-0.15, -0.1) is 11.8 Å². The van der Waals surface area contributed by atoms with Crippen molar-refractivity contribution >= 4 is 11.8 Å². The SMILES string of the molecule is Oc1ccc(SCCn2cccn2)cc1. The van der Waals surface area contributed by atoms with Crippen LogP contribution in [-0.2, 0) is 6.54 Å². The van der Waals surface area contributed by atoms with Gasteiger partial charge in [0.15, 0.2) is 0 Å². The molecule has 0 fully saturated rings. The van der Waals surface area contributed by atoms with E-state index in [0.29, 0.717) is 5.75 Å². The lowest BCUT2D eigenvalue weighted by atomic mass is 10.3. The van der Waals surface area contributed by atoms with Crippen LogP contribution in [0.5, 0.6) is 5.75 Å². The van der Waals surface area contributed by atoms with E-state index < -0.39 is 0 Å². The Bertz CT molecular complexity index is 397. The van der Waals surface area contributed by atoms with Crippen molar-refractivity contribution in [3.8, 4) is 5.75 Å². The number of rotatable bonds is 4. The Labute approximate surface area is 92.7 Å². The summed E-state index contributed by atoms with van der Waals surface area (Å²) in [5.41, 5.74) is 0. The van der Waals surface area contributed by atoms with Crippen molar-refractivity contribution in [1.29, 1.82) is 0 Å². The first-order valence-corrected chi connectivity index (χ1v) is 5.72. The molecule has 1 aromatic carbocycles. The first-order valence-electron chi connectivity index (χ1n) is 4.74. The van der Waals surface area contributed by atoms with Crippen molar-refractivity contribution in [3.05, 3.63) is 42.7 Å². The lowest BCUT2D eigenvalue weighted by Crippen LogP contribution is -1.99. The van der Waals surface area contributed by atoms with Crippen molar-refractivity contribution in [2.75, 3.05) is 5.75 Å². The summed E-state index contributed by atoms with van der Waals surface area (Å²) in [6.07, 6.45) is 3.74. The van der Waals surface area contributed by atoms with Crippen LogP contribution < -0.4 is 0 Å². The minimum absolute atomic E-state index is 0.312. The highest BCUT2D eigenvalue weighted by Gasteiger charge is 1.95. The molecule has 0 radical (unpaired) electrons. The van der Waals surface area contributed by atoms with Crippen molar-refractivity contribution in [3.63, 3.8) is 0 Å². The van der Waals surface area contributed by atoms with Gasteiger partial charge in [0.05, 0.1) is 6.54 Å². The predicted octanol–water partition coefficient (Wildman–Crippen LogP) is 2.38. The lowest BCUT2D eigenvalue weighted by Gasteiger charge is -2.02. The molecule has 78 valence electrons. The summed E-state index contributed by atoms with van der Waals surface area (Å²) in [4.78, 5) is 1.17. The molecule has 3 nitrogen and oxygen atoms in total. The third-order valence-electron chi connectivity index (χ3n) is 1.99. The highest BCUT2D eigenvalue weighted by Crippen LogP contribution is 2.20. The number of hydrogen-bond acceptors (Lipinski definition) is 3. The van der Waals surface area contributed by atoms with E-state index in [4.69, 9.17) is 5.11 Å². The molecule has 0 atom stereocenters. The van der Waals surface area contributed by atoms with E-state index in [1.54, 1.807) is 30.1 Å². The monoisotopic (exact) mass is 220 g/mol. The van der Waals surface area contributed by atoms with Crippen LogP contribution in [0, 0.1) is 0 Å². The quantitative estimate of drug-likeness (QED) is 0.804. The van der Waals surface area contributed by atoms with Crippen LogP contribution in [0.1, 0.15) is 0 Å². The molecule has 0 saturated carbocycles. The topological polar surface area (TPSA) is 38.0 Å². The second kappa shape index (κ2) is 4.89. The molecule has 0 spiro atoms.